The zero-order valence-electron chi connectivity index (χ0n) is 41.5. The molecule has 0 radical (unpaired) electrons. The summed E-state index contributed by atoms with van der Waals surface area (Å²) in [6.07, 6.45) is 9.60. The number of amides is 1. The van der Waals surface area contributed by atoms with Crippen LogP contribution in [0, 0.1) is 27.9 Å². The quantitative estimate of drug-likeness (QED) is 0.0323. The Morgan fingerprint density at radius 2 is 1.57 bits per heavy atom. The molecular weight excluding hydrogens is 939 g/mol. The first-order chi connectivity index (χ1) is 36.3. The number of aliphatic hydroxyl groups excluding tert-OH is 2. The Kier molecular flexibility index (Phi) is 15.7. The average molecular weight is 1000 g/mol. The Morgan fingerprint density at radius 1 is 0.838 bits per heavy atom. The van der Waals surface area contributed by atoms with Crippen LogP contribution in [0.5, 0.6) is 23.0 Å². The molecule has 0 bridgehead atoms. The van der Waals surface area contributed by atoms with Crippen molar-refractivity contribution in [3.8, 4) is 23.0 Å². The second kappa shape index (κ2) is 23.0. The van der Waals surface area contributed by atoms with Crippen molar-refractivity contribution in [2.75, 3.05) is 26.4 Å². The van der Waals surface area contributed by atoms with Crippen LogP contribution in [0.25, 0.3) is 21.5 Å². The highest BCUT2D eigenvalue weighted by Gasteiger charge is 2.66. The molecule has 2 aliphatic carbocycles. The third-order valence-corrected chi connectivity index (χ3v) is 15.1. The molecular formula is C60H63N3O11. The number of rotatable bonds is 20. The molecule has 6 aromatic carbocycles. The van der Waals surface area contributed by atoms with Gasteiger partial charge in [0.05, 0.1) is 36.3 Å². The zero-order valence-corrected chi connectivity index (χ0v) is 41.5. The van der Waals surface area contributed by atoms with Gasteiger partial charge in [-0.15, -0.1) is 6.58 Å². The molecule has 2 fully saturated rings. The van der Waals surface area contributed by atoms with Crippen LogP contribution >= 0.6 is 0 Å². The highest BCUT2D eigenvalue weighted by Crippen LogP contribution is 2.62. The number of carbonyl (C=O) groups is 1. The van der Waals surface area contributed by atoms with Crippen LogP contribution in [0.4, 0.5) is 10.5 Å². The number of oxime groups is 1. The summed E-state index contributed by atoms with van der Waals surface area (Å²) in [6, 6.07) is 38.5. The molecule has 384 valence electrons. The number of unbranched alkanes of at least 4 members (excludes halogenated alkanes) is 2. The molecule has 4 aliphatic rings. The maximum atomic E-state index is 15.5. The number of nitro groups is 1. The molecule has 10 rings (SSSR count). The van der Waals surface area contributed by atoms with Crippen LogP contribution in [0.2, 0.25) is 0 Å². The number of nitro benzene ring substituents is 1. The van der Waals surface area contributed by atoms with Crippen LogP contribution in [0.3, 0.4) is 0 Å². The van der Waals surface area contributed by atoms with Crippen molar-refractivity contribution in [3.05, 3.63) is 173 Å². The molecule has 74 heavy (non-hydrogen) atoms. The molecule has 14 nitrogen and oxygen atoms in total. The fraction of sp³-hybridized carbons (Fsp3) is 0.367. The fourth-order valence-electron chi connectivity index (χ4n) is 11.7. The van der Waals surface area contributed by atoms with E-state index in [4.69, 9.17) is 33.7 Å². The number of ether oxygens (including phenoxy) is 5. The van der Waals surface area contributed by atoms with Crippen molar-refractivity contribution >= 4 is 39.0 Å². The first kappa shape index (κ1) is 50.4. The summed E-state index contributed by atoms with van der Waals surface area (Å²) < 4.78 is 33.9. The van der Waals surface area contributed by atoms with Gasteiger partial charge in [0.1, 0.15) is 29.0 Å². The molecule has 1 saturated heterocycles. The number of benzene rings is 6. The van der Waals surface area contributed by atoms with Gasteiger partial charge in [-0.25, -0.2) is 4.79 Å². The number of allylic oxidation sites excluding steroid dienone is 1. The number of aliphatic hydroxyl groups is 2. The van der Waals surface area contributed by atoms with Crippen molar-refractivity contribution in [1.29, 1.82) is 0 Å². The maximum Gasteiger partial charge on any atom is 0.416 e. The van der Waals surface area contributed by atoms with Gasteiger partial charge in [-0.2, -0.15) is 0 Å². The van der Waals surface area contributed by atoms with E-state index in [9.17, 15) is 20.3 Å². The van der Waals surface area contributed by atoms with E-state index in [1.807, 2.05) is 84.9 Å². The summed E-state index contributed by atoms with van der Waals surface area (Å²) in [5, 5.41) is 41.0. The van der Waals surface area contributed by atoms with Gasteiger partial charge in [-0.1, -0.05) is 103 Å². The maximum absolute atomic E-state index is 15.5. The van der Waals surface area contributed by atoms with Gasteiger partial charge >= 0.3 is 6.09 Å². The second-order valence-electron chi connectivity index (χ2n) is 19.7. The van der Waals surface area contributed by atoms with E-state index in [0.29, 0.717) is 48.8 Å². The molecule has 0 aromatic heterocycles. The Morgan fingerprint density at radius 3 is 2.34 bits per heavy atom. The zero-order chi connectivity index (χ0) is 51.0. The van der Waals surface area contributed by atoms with Crippen LogP contribution in [0.15, 0.2) is 157 Å². The van der Waals surface area contributed by atoms with Crippen molar-refractivity contribution in [2.24, 2.45) is 22.9 Å². The number of non-ortho nitro benzene ring substituents is 1. The number of hydrogen-bond acceptors (Lipinski definition) is 12. The van der Waals surface area contributed by atoms with E-state index >= 15 is 4.79 Å². The summed E-state index contributed by atoms with van der Waals surface area (Å²) in [4.78, 5) is 34.7. The Hall–Kier alpha value is -7.10. The van der Waals surface area contributed by atoms with Crippen LogP contribution in [-0.4, -0.2) is 76.4 Å². The Bertz CT molecular complexity index is 3020. The minimum atomic E-state index is -1.61. The summed E-state index contributed by atoms with van der Waals surface area (Å²) in [7, 11) is 0. The van der Waals surface area contributed by atoms with Gasteiger partial charge < -0.3 is 38.7 Å². The summed E-state index contributed by atoms with van der Waals surface area (Å²) in [5.74, 6) is -0.617. The van der Waals surface area contributed by atoms with Gasteiger partial charge in [-0.05, 0) is 126 Å². The highest BCUT2D eigenvalue weighted by atomic mass is 16.8. The first-order valence-corrected chi connectivity index (χ1v) is 26.0. The van der Waals surface area contributed by atoms with E-state index in [0.717, 1.165) is 76.8 Å². The standard InChI is InChI=1S/C60H63N3O11/c1-2-33-70-60-55(62(39-44-19-13-18-41-15-5-6-20-49(41)44)59(66)72-46-27-24-45(25-28-46)63(67)68)38-53(61-74-56-22-9-12-34-69-56)51-36-43(17-7-10-31-64)50(21-8-11-32-65)57(58(51)60)52-37-48(29-30-54(52)73-60)71-47-26-23-40-14-3-4-16-42(40)35-47/h2-6,13-16,18-20,23-30,35-37,43,50,55-58,64-65H,1,7-12,17,21-22,31-34,38-39H2/t43-,50+,55-,56?,57+,58+,60+/m0/s1. The van der Waals surface area contributed by atoms with Crippen molar-refractivity contribution in [3.63, 3.8) is 0 Å². The monoisotopic (exact) mass is 1000 g/mol. The third-order valence-electron chi connectivity index (χ3n) is 15.1. The van der Waals surface area contributed by atoms with E-state index in [2.05, 4.69) is 30.9 Å². The van der Waals surface area contributed by atoms with E-state index < -0.39 is 35.1 Å². The topological polar surface area (TPSA) is 172 Å². The van der Waals surface area contributed by atoms with Crippen LogP contribution in [-0.2, 0) is 20.9 Å². The molecule has 1 amide bonds. The number of nitrogens with zero attached hydrogens (tertiary/aromatic N) is 3. The van der Waals surface area contributed by atoms with Crippen molar-refractivity contribution < 1.29 is 48.5 Å². The molecule has 1 saturated carbocycles. The Balaban J connectivity index is 1.18. The molecule has 6 aromatic rings. The van der Waals surface area contributed by atoms with Crippen molar-refractivity contribution in [2.45, 2.75) is 94.8 Å². The van der Waals surface area contributed by atoms with Crippen molar-refractivity contribution in [1.82, 2.24) is 4.90 Å². The molecule has 7 atom stereocenters. The molecule has 2 heterocycles. The lowest BCUT2D eigenvalue weighted by Gasteiger charge is -2.59. The largest absolute Gasteiger partial charge is 0.459 e. The predicted molar refractivity (Wildman–Crippen MR) is 282 cm³/mol. The minimum Gasteiger partial charge on any atom is -0.459 e. The smallest absolute Gasteiger partial charge is 0.416 e. The highest BCUT2D eigenvalue weighted by molar-refractivity contribution is 6.03. The van der Waals surface area contributed by atoms with Gasteiger partial charge in [0.15, 0.2) is 0 Å². The predicted octanol–water partition coefficient (Wildman–Crippen LogP) is 12.6. The lowest BCUT2D eigenvalue weighted by atomic mass is 9.55. The molecule has 14 heteroatoms. The lowest BCUT2D eigenvalue weighted by Crippen LogP contribution is -2.70. The van der Waals surface area contributed by atoms with E-state index in [1.165, 1.54) is 24.3 Å². The molecule has 2 N–H and O–H groups in total. The molecule has 1 unspecified atom stereocenters. The minimum absolute atomic E-state index is 0.00354. The summed E-state index contributed by atoms with van der Waals surface area (Å²) in [6.45, 7) is 4.87. The number of fused-ring (bicyclic) bond motifs is 4. The number of carbonyl (C=O) groups excluding carboxylic acids is 1. The average Bonchev–Trinajstić information content (AvgIpc) is 3.53. The van der Waals surface area contributed by atoms with Crippen LogP contribution in [0.1, 0.15) is 81.3 Å². The normalized spacial score (nSPS) is 23.5. The Labute approximate surface area is 430 Å². The molecule has 0 spiro atoms. The summed E-state index contributed by atoms with van der Waals surface area (Å²) in [5.41, 5.74) is 3.09. The van der Waals surface area contributed by atoms with Gasteiger partial charge in [-0.3, -0.25) is 15.0 Å². The van der Waals surface area contributed by atoms with Gasteiger partial charge in [0, 0.05) is 49.7 Å². The fourth-order valence-corrected chi connectivity index (χ4v) is 11.7. The number of hydrogen-bond donors (Lipinski definition) is 2. The van der Waals surface area contributed by atoms with E-state index in [1.54, 1.807) is 11.0 Å². The first-order valence-electron chi connectivity index (χ1n) is 26.0. The lowest BCUT2D eigenvalue weighted by molar-refractivity contribution is -0.384. The SMILES string of the molecule is C=CCO[C@@]12Oc3ccc(Oc4ccc5ccccc5c4)cc3[C@H]3[C@H](CCCCO)[C@@H](CCCCO)C=C(C(=NOC4CCCCO4)C[C@@H]1N(Cc1cccc4ccccc14)C(=O)Oc1ccc([N+](=O)[O-])cc1)[C@H]32. The molecule has 2 aliphatic heterocycles. The van der Waals surface area contributed by atoms with E-state index in [-0.39, 0.29) is 62.0 Å². The van der Waals surface area contributed by atoms with Crippen LogP contribution < -0.4 is 14.2 Å². The third kappa shape index (κ3) is 10.6. The summed E-state index contributed by atoms with van der Waals surface area (Å²) >= 11 is 0. The van der Waals surface area contributed by atoms with Gasteiger partial charge in [0.2, 0.25) is 12.1 Å². The second-order valence-corrected chi connectivity index (χ2v) is 19.7. The van der Waals surface area contributed by atoms with Gasteiger partial charge in [0.25, 0.3) is 5.69 Å².